The van der Waals surface area contributed by atoms with E-state index in [0.29, 0.717) is 6.61 Å². The first-order valence-corrected chi connectivity index (χ1v) is 8.57. The molecule has 5 heteroatoms. The maximum atomic E-state index is 10.4. The summed E-state index contributed by atoms with van der Waals surface area (Å²) in [5.41, 5.74) is 1.97. The van der Waals surface area contributed by atoms with Crippen LogP contribution in [0.3, 0.4) is 0 Å². The Balaban J connectivity index is 1.48. The SMILES string of the molecule is CC1OC(OCc2ccccc2)C2OC(c3ccccc3)OC2C1O. The van der Waals surface area contributed by atoms with Crippen LogP contribution in [0.15, 0.2) is 60.7 Å². The molecular weight excluding hydrogens is 320 g/mol. The van der Waals surface area contributed by atoms with Crippen LogP contribution >= 0.6 is 0 Å². The Bertz CT molecular complexity index is 677. The van der Waals surface area contributed by atoms with Gasteiger partial charge in [-0.3, -0.25) is 0 Å². The van der Waals surface area contributed by atoms with Crippen molar-refractivity contribution in [1.29, 1.82) is 0 Å². The van der Waals surface area contributed by atoms with E-state index in [1.54, 1.807) is 0 Å². The maximum absolute atomic E-state index is 10.4. The maximum Gasteiger partial charge on any atom is 0.187 e. The fraction of sp³-hybridized carbons (Fsp3) is 0.400. The lowest BCUT2D eigenvalue weighted by atomic mass is 10.00. The Morgan fingerprint density at radius 3 is 2.24 bits per heavy atom. The minimum absolute atomic E-state index is 0.389. The standard InChI is InChI=1S/C20H22O5/c1-13-16(21)17-18(25-19(24-17)15-10-6-3-7-11-15)20(23-13)22-12-14-8-4-2-5-9-14/h2-11,13,16-21H,12H2,1H3. The molecule has 0 radical (unpaired) electrons. The number of aliphatic hydroxyl groups is 1. The summed E-state index contributed by atoms with van der Waals surface area (Å²) in [5, 5.41) is 10.4. The fourth-order valence-electron chi connectivity index (χ4n) is 3.26. The van der Waals surface area contributed by atoms with Crippen molar-refractivity contribution in [1.82, 2.24) is 0 Å². The van der Waals surface area contributed by atoms with E-state index in [2.05, 4.69) is 0 Å². The van der Waals surface area contributed by atoms with Crippen LogP contribution in [0.25, 0.3) is 0 Å². The van der Waals surface area contributed by atoms with Crippen molar-refractivity contribution in [3.05, 3.63) is 71.8 Å². The molecule has 6 unspecified atom stereocenters. The van der Waals surface area contributed by atoms with Gasteiger partial charge in [-0.1, -0.05) is 60.7 Å². The molecule has 2 aromatic carbocycles. The number of benzene rings is 2. The molecule has 5 nitrogen and oxygen atoms in total. The smallest absolute Gasteiger partial charge is 0.187 e. The van der Waals surface area contributed by atoms with Gasteiger partial charge in [0.05, 0.1) is 12.7 Å². The monoisotopic (exact) mass is 342 g/mol. The van der Waals surface area contributed by atoms with Crippen LogP contribution in [0, 0.1) is 0 Å². The molecule has 2 aliphatic rings. The van der Waals surface area contributed by atoms with E-state index in [1.807, 2.05) is 67.6 Å². The lowest BCUT2D eigenvalue weighted by Gasteiger charge is -2.38. The van der Waals surface area contributed by atoms with Crippen LogP contribution in [0.1, 0.15) is 24.3 Å². The molecular formula is C20H22O5. The molecule has 0 saturated carbocycles. The zero-order chi connectivity index (χ0) is 17.2. The zero-order valence-corrected chi connectivity index (χ0v) is 14.0. The molecule has 0 bridgehead atoms. The molecule has 2 aliphatic heterocycles. The van der Waals surface area contributed by atoms with E-state index in [4.69, 9.17) is 18.9 Å². The second-order valence-corrected chi connectivity index (χ2v) is 6.44. The molecule has 4 rings (SSSR count). The van der Waals surface area contributed by atoms with Gasteiger partial charge in [0, 0.05) is 5.56 Å². The highest BCUT2D eigenvalue weighted by atomic mass is 16.8. The van der Waals surface area contributed by atoms with Crippen molar-refractivity contribution in [2.24, 2.45) is 0 Å². The van der Waals surface area contributed by atoms with Gasteiger partial charge in [-0.15, -0.1) is 0 Å². The third-order valence-electron chi connectivity index (χ3n) is 4.65. The summed E-state index contributed by atoms with van der Waals surface area (Å²) in [6.07, 6.45) is -3.20. The molecule has 25 heavy (non-hydrogen) atoms. The van der Waals surface area contributed by atoms with Crippen molar-refractivity contribution in [3.8, 4) is 0 Å². The van der Waals surface area contributed by atoms with Gasteiger partial charge in [0.15, 0.2) is 12.6 Å². The average molecular weight is 342 g/mol. The van der Waals surface area contributed by atoms with Gasteiger partial charge in [0.25, 0.3) is 0 Å². The van der Waals surface area contributed by atoms with Crippen LogP contribution in [-0.4, -0.2) is 35.8 Å². The predicted molar refractivity (Wildman–Crippen MR) is 90.5 cm³/mol. The molecule has 132 valence electrons. The summed E-state index contributed by atoms with van der Waals surface area (Å²) in [6.45, 7) is 2.23. The van der Waals surface area contributed by atoms with E-state index in [9.17, 15) is 5.11 Å². The molecule has 0 spiro atoms. The quantitative estimate of drug-likeness (QED) is 0.926. The first-order chi connectivity index (χ1) is 12.2. The Labute approximate surface area is 147 Å². The number of hydrogen-bond acceptors (Lipinski definition) is 5. The summed E-state index contributed by atoms with van der Waals surface area (Å²) in [7, 11) is 0. The van der Waals surface area contributed by atoms with Gasteiger partial charge >= 0.3 is 0 Å². The van der Waals surface area contributed by atoms with Crippen molar-refractivity contribution >= 4 is 0 Å². The van der Waals surface area contributed by atoms with Gasteiger partial charge in [-0.25, -0.2) is 0 Å². The Morgan fingerprint density at radius 1 is 0.880 bits per heavy atom. The van der Waals surface area contributed by atoms with E-state index < -0.39 is 30.9 Å². The highest BCUT2D eigenvalue weighted by Gasteiger charge is 2.52. The molecule has 0 aromatic heterocycles. The summed E-state index contributed by atoms with van der Waals surface area (Å²) in [4.78, 5) is 0. The highest BCUT2D eigenvalue weighted by molar-refractivity contribution is 5.17. The molecule has 6 atom stereocenters. The van der Waals surface area contributed by atoms with Crippen LogP contribution < -0.4 is 0 Å². The van der Waals surface area contributed by atoms with Crippen LogP contribution in [0.4, 0.5) is 0 Å². The van der Waals surface area contributed by atoms with Gasteiger partial charge in [0.1, 0.15) is 18.3 Å². The third-order valence-corrected chi connectivity index (χ3v) is 4.65. The fourth-order valence-corrected chi connectivity index (χ4v) is 3.26. The topological polar surface area (TPSA) is 57.2 Å². The first-order valence-electron chi connectivity index (χ1n) is 8.57. The minimum atomic E-state index is -0.754. The second-order valence-electron chi connectivity index (χ2n) is 6.44. The summed E-state index contributed by atoms with van der Waals surface area (Å²) < 4.78 is 23.8. The number of ether oxygens (including phenoxy) is 4. The first kappa shape index (κ1) is 16.7. The molecule has 2 saturated heterocycles. The van der Waals surface area contributed by atoms with E-state index in [1.165, 1.54) is 0 Å². The lowest BCUT2D eigenvalue weighted by Crippen LogP contribution is -2.55. The molecule has 0 aliphatic carbocycles. The summed E-state index contributed by atoms with van der Waals surface area (Å²) in [5.74, 6) is 0. The summed E-state index contributed by atoms with van der Waals surface area (Å²) >= 11 is 0. The Kier molecular flexibility index (Phi) is 4.83. The van der Waals surface area contributed by atoms with Crippen LogP contribution in [-0.2, 0) is 25.6 Å². The van der Waals surface area contributed by atoms with Gasteiger partial charge < -0.3 is 24.1 Å². The molecule has 2 fully saturated rings. The lowest BCUT2D eigenvalue weighted by molar-refractivity contribution is -0.274. The molecule has 2 heterocycles. The van der Waals surface area contributed by atoms with Crippen molar-refractivity contribution < 1.29 is 24.1 Å². The Morgan fingerprint density at radius 2 is 1.52 bits per heavy atom. The Hall–Kier alpha value is -1.76. The van der Waals surface area contributed by atoms with E-state index in [0.717, 1.165) is 11.1 Å². The predicted octanol–water partition coefficient (Wildman–Crippen LogP) is 2.79. The van der Waals surface area contributed by atoms with Crippen LogP contribution in [0.5, 0.6) is 0 Å². The van der Waals surface area contributed by atoms with Crippen molar-refractivity contribution in [3.63, 3.8) is 0 Å². The second kappa shape index (κ2) is 7.23. The third kappa shape index (κ3) is 3.47. The van der Waals surface area contributed by atoms with Crippen LogP contribution in [0.2, 0.25) is 0 Å². The largest absolute Gasteiger partial charge is 0.388 e. The minimum Gasteiger partial charge on any atom is -0.388 e. The van der Waals surface area contributed by atoms with E-state index >= 15 is 0 Å². The normalized spacial score (nSPS) is 34.6. The van der Waals surface area contributed by atoms with Gasteiger partial charge in [0.2, 0.25) is 0 Å². The van der Waals surface area contributed by atoms with E-state index in [-0.39, 0.29) is 6.10 Å². The summed E-state index contributed by atoms with van der Waals surface area (Å²) in [6, 6.07) is 19.6. The van der Waals surface area contributed by atoms with Crippen molar-refractivity contribution in [2.45, 2.75) is 50.5 Å². The number of rotatable bonds is 4. The van der Waals surface area contributed by atoms with Crippen molar-refractivity contribution in [2.75, 3.05) is 0 Å². The number of fused-ring (bicyclic) bond motifs is 1. The van der Waals surface area contributed by atoms with Gasteiger partial charge in [-0.2, -0.15) is 0 Å². The number of aliphatic hydroxyl groups excluding tert-OH is 1. The number of hydrogen-bond donors (Lipinski definition) is 1. The zero-order valence-electron chi connectivity index (χ0n) is 14.0. The highest BCUT2D eigenvalue weighted by Crippen LogP contribution is 2.39. The average Bonchev–Trinajstić information content (AvgIpc) is 3.11. The molecule has 0 amide bonds. The molecule has 1 N–H and O–H groups in total. The molecule has 2 aromatic rings. The van der Waals surface area contributed by atoms with Gasteiger partial charge in [-0.05, 0) is 12.5 Å².